The van der Waals surface area contributed by atoms with Gasteiger partial charge in [0.2, 0.25) is 4.93 Å². The van der Waals surface area contributed by atoms with Crippen LogP contribution in [0.25, 0.3) is 0 Å². The van der Waals surface area contributed by atoms with Crippen LogP contribution in [0.2, 0.25) is 0 Å². The maximum atomic E-state index is 11.7. The average molecular weight is 441 g/mol. The fourth-order valence-corrected chi connectivity index (χ4v) is 3.80. The summed E-state index contributed by atoms with van der Waals surface area (Å²) in [4.78, 5) is -1.66. The van der Waals surface area contributed by atoms with E-state index in [9.17, 15) is 13.0 Å². The Bertz CT molecular complexity index is 695. The Morgan fingerprint density at radius 2 is 1.30 bits per heavy atom. The zero-order chi connectivity index (χ0) is 22.5. The standard InChI is InChI=1S/C25H44O4S/c1-5-7-9-11-13-15-17-22-19-20-24(29-25(3,4)30(26,27)28)23(21-22)18-16-14-12-10-8-6-2/h19-21H,5-18H2,1-4H3,(H,26,27,28). The second-order valence-corrected chi connectivity index (χ2v) is 10.9. The van der Waals surface area contributed by atoms with E-state index in [1.807, 2.05) is 12.1 Å². The summed E-state index contributed by atoms with van der Waals surface area (Å²) in [5.74, 6) is 0.567. The van der Waals surface area contributed by atoms with Gasteiger partial charge in [-0.1, -0.05) is 90.2 Å². The molecule has 0 amide bonds. The SMILES string of the molecule is CCCCCCCCc1ccc(OC(C)(C)S(=O)(=O)O)c(CCCCCCCC)c1. The normalized spacial score (nSPS) is 12.3. The summed E-state index contributed by atoms with van der Waals surface area (Å²) in [5.41, 5.74) is 2.33. The van der Waals surface area contributed by atoms with Crippen LogP contribution in [0.5, 0.6) is 5.75 Å². The lowest BCUT2D eigenvalue weighted by atomic mass is 9.99. The molecule has 1 aromatic carbocycles. The van der Waals surface area contributed by atoms with Gasteiger partial charge in [-0.2, -0.15) is 8.42 Å². The maximum Gasteiger partial charge on any atom is 0.305 e. The van der Waals surface area contributed by atoms with Crippen LogP contribution in [-0.2, 0) is 23.0 Å². The molecule has 0 radical (unpaired) electrons. The molecule has 0 heterocycles. The molecular weight excluding hydrogens is 396 g/mol. The zero-order valence-corrected chi connectivity index (χ0v) is 20.5. The van der Waals surface area contributed by atoms with Gasteiger partial charge in [0.15, 0.2) is 0 Å². The van der Waals surface area contributed by atoms with Crippen LogP contribution >= 0.6 is 0 Å². The van der Waals surface area contributed by atoms with Gasteiger partial charge in [-0.15, -0.1) is 0 Å². The van der Waals surface area contributed by atoms with Crippen molar-refractivity contribution in [2.75, 3.05) is 0 Å². The number of benzene rings is 1. The highest BCUT2D eigenvalue weighted by Gasteiger charge is 2.35. The number of hydrogen-bond donors (Lipinski definition) is 1. The number of ether oxygens (including phenoxy) is 1. The van der Waals surface area contributed by atoms with E-state index < -0.39 is 15.1 Å². The first-order valence-electron chi connectivity index (χ1n) is 12.0. The Labute approximate surface area is 185 Å². The van der Waals surface area contributed by atoms with Gasteiger partial charge in [0.25, 0.3) is 0 Å². The molecule has 0 aliphatic rings. The van der Waals surface area contributed by atoms with Crippen LogP contribution in [0.1, 0.15) is 116 Å². The van der Waals surface area contributed by atoms with E-state index in [4.69, 9.17) is 4.74 Å². The molecule has 1 N–H and O–H groups in total. The van der Waals surface area contributed by atoms with Gasteiger partial charge in [0, 0.05) is 0 Å². The van der Waals surface area contributed by atoms with Gasteiger partial charge >= 0.3 is 10.1 Å². The van der Waals surface area contributed by atoms with E-state index in [2.05, 4.69) is 19.9 Å². The first kappa shape index (κ1) is 27.0. The number of rotatable bonds is 17. The summed E-state index contributed by atoms with van der Waals surface area (Å²) >= 11 is 0. The molecule has 0 saturated carbocycles. The molecule has 0 saturated heterocycles. The Hall–Kier alpha value is -1.07. The van der Waals surface area contributed by atoms with E-state index in [0.717, 1.165) is 24.8 Å². The molecule has 5 heteroatoms. The van der Waals surface area contributed by atoms with Crippen molar-refractivity contribution in [3.05, 3.63) is 29.3 Å². The molecule has 0 bridgehead atoms. The second-order valence-electron chi connectivity index (χ2n) is 8.95. The first-order chi connectivity index (χ1) is 14.2. The number of hydrogen-bond acceptors (Lipinski definition) is 3. The van der Waals surface area contributed by atoms with Gasteiger partial charge in [-0.3, -0.25) is 4.55 Å². The lowest BCUT2D eigenvalue weighted by molar-refractivity contribution is 0.177. The molecule has 1 rings (SSSR count). The highest BCUT2D eigenvalue weighted by atomic mass is 32.2. The molecular formula is C25H44O4S. The number of unbranched alkanes of at least 4 members (excludes halogenated alkanes) is 10. The van der Waals surface area contributed by atoms with E-state index >= 15 is 0 Å². The Balaban J connectivity index is 2.77. The van der Waals surface area contributed by atoms with Crippen LogP contribution in [0.15, 0.2) is 18.2 Å². The largest absolute Gasteiger partial charge is 0.469 e. The van der Waals surface area contributed by atoms with Crippen LogP contribution in [0.4, 0.5) is 0 Å². The topological polar surface area (TPSA) is 63.6 Å². The molecule has 0 aliphatic heterocycles. The van der Waals surface area contributed by atoms with E-state index in [-0.39, 0.29) is 0 Å². The molecule has 0 unspecified atom stereocenters. The maximum absolute atomic E-state index is 11.7. The lowest BCUT2D eigenvalue weighted by Gasteiger charge is -2.25. The van der Waals surface area contributed by atoms with Gasteiger partial charge in [0.1, 0.15) is 5.75 Å². The summed E-state index contributed by atoms with van der Waals surface area (Å²) < 4.78 is 38.6. The molecule has 1 aromatic rings. The summed E-state index contributed by atoms with van der Waals surface area (Å²) in [5, 5.41) is 0. The summed E-state index contributed by atoms with van der Waals surface area (Å²) in [7, 11) is -4.31. The van der Waals surface area contributed by atoms with Crippen LogP contribution in [-0.4, -0.2) is 17.9 Å². The Morgan fingerprint density at radius 3 is 1.83 bits per heavy atom. The van der Waals surface area contributed by atoms with E-state index in [0.29, 0.717) is 5.75 Å². The molecule has 0 atom stereocenters. The minimum absolute atomic E-state index is 0.567. The molecule has 0 aliphatic carbocycles. The van der Waals surface area contributed by atoms with Crippen molar-refractivity contribution < 1.29 is 17.7 Å². The summed E-state index contributed by atoms with van der Waals surface area (Å²) in [6.07, 6.45) is 16.8. The molecule has 174 valence electrons. The van der Waals surface area contributed by atoms with Gasteiger partial charge < -0.3 is 4.74 Å². The van der Waals surface area contributed by atoms with Crippen molar-refractivity contribution in [2.24, 2.45) is 0 Å². The lowest BCUT2D eigenvalue weighted by Crippen LogP contribution is -2.37. The van der Waals surface area contributed by atoms with Crippen molar-refractivity contribution in [3.63, 3.8) is 0 Å². The minimum atomic E-state index is -4.31. The van der Waals surface area contributed by atoms with Crippen LogP contribution < -0.4 is 4.74 Å². The number of aryl methyl sites for hydroxylation is 2. The summed E-state index contributed by atoms with van der Waals surface area (Å²) in [6.45, 7) is 7.23. The quantitative estimate of drug-likeness (QED) is 0.201. The predicted octanol–water partition coefficient (Wildman–Crippen LogP) is 7.50. The first-order valence-corrected chi connectivity index (χ1v) is 13.4. The van der Waals surface area contributed by atoms with E-state index in [1.165, 1.54) is 90.0 Å². The second kappa shape index (κ2) is 14.1. The third kappa shape index (κ3) is 10.3. The highest BCUT2D eigenvalue weighted by molar-refractivity contribution is 7.87. The fourth-order valence-electron chi connectivity index (χ4n) is 3.61. The molecule has 4 nitrogen and oxygen atoms in total. The minimum Gasteiger partial charge on any atom is -0.469 e. The molecule has 0 fully saturated rings. The van der Waals surface area contributed by atoms with Crippen molar-refractivity contribution in [2.45, 2.75) is 123 Å². The predicted molar refractivity (Wildman–Crippen MR) is 127 cm³/mol. The monoisotopic (exact) mass is 440 g/mol. The van der Waals surface area contributed by atoms with Gasteiger partial charge in [-0.25, -0.2) is 0 Å². The van der Waals surface area contributed by atoms with Crippen molar-refractivity contribution in [3.8, 4) is 5.75 Å². The van der Waals surface area contributed by atoms with Crippen molar-refractivity contribution >= 4 is 10.1 Å². The fraction of sp³-hybridized carbons (Fsp3) is 0.760. The zero-order valence-electron chi connectivity index (χ0n) is 19.7. The van der Waals surface area contributed by atoms with Gasteiger partial charge in [0.05, 0.1) is 0 Å². The molecule has 0 spiro atoms. The Kier molecular flexibility index (Phi) is 12.7. The van der Waals surface area contributed by atoms with Gasteiger partial charge in [-0.05, 0) is 56.7 Å². The van der Waals surface area contributed by atoms with Crippen LogP contribution in [0.3, 0.4) is 0 Å². The third-order valence-electron chi connectivity index (χ3n) is 5.72. The molecule has 30 heavy (non-hydrogen) atoms. The smallest absolute Gasteiger partial charge is 0.305 e. The van der Waals surface area contributed by atoms with Crippen LogP contribution in [0, 0.1) is 0 Å². The van der Waals surface area contributed by atoms with E-state index in [1.54, 1.807) is 0 Å². The average Bonchev–Trinajstić information content (AvgIpc) is 2.68. The Morgan fingerprint density at radius 1 is 0.800 bits per heavy atom. The third-order valence-corrected chi connectivity index (χ3v) is 7.05. The summed E-state index contributed by atoms with van der Waals surface area (Å²) in [6, 6.07) is 6.09. The van der Waals surface area contributed by atoms with Crippen molar-refractivity contribution in [1.29, 1.82) is 0 Å². The highest BCUT2D eigenvalue weighted by Crippen LogP contribution is 2.29. The molecule has 0 aromatic heterocycles. The van der Waals surface area contributed by atoms with Crippen molar-refractivity contribution in [1.82, 2.24) is 0 Å².